The predicted molar refractivity (Wildman–Crippen MR) is 63.4 cm³/mol. The minimum atomic E-state index is 0.173. The molecule has 1 nitrogen and oxygen atoms in total. The third-order valence-corrected chi connectivity index (χ3v) is 2.88. The van der Waals surface area contributed by atoms with E-state index in [1.165, 1.54) is 5.56 Å². The lowest BCUT2D eigenvalue weighted by atomic mass is 10.1. The van der Waals surface area contributed by atoms with Gasteiger partial charge in [-0.2, -0.15) is 0 Å². The smallest absolute Gasteiger partial charge is 0.162 e. The Morgan fingerprint density at radius 2 is 1.93 bits per heavy atom. The Morgan fingerprint density at radius 3 is 2.43 bits per heavy atom. The largest absolute Gasteiger partial charge is 0.294 e. The molecule has 14 heavy (non-hydrogen) atoms. The molecule has 0 atom stereocenters. The van der Waals surface area contributed by atoms with Gasteiger partial charge in [-0.3, -0.25) is 4.79 Å². The number of halogens is 2. The van der Waals surface area contributed by atoms with Crippen molar-refractivity contribution in [1.82, 2.24) is 0 Å². The van der Waals surface area contributed by atoms with Crippen molar-refractivity contribution in [1.29, 1.82) is 0 Å². The number of benzene rings is 1. The number of ketones is 1. The van der Waals surface area contributed by atoms with E-state index in [9.17, 15) is 4.79 Å². The van der Waals surface area contributed by atoms with Crippen molar-refractivity contribution in [3.05, 3.63) is 35.4 Å². The Labute approximate surface area is 97.6 Å². The van der Waals surface area contributed by atoms with E-state index in [1.807, 2.05) is 24.3 Å². The third-order valence-electron chi connectivity index (χ3n) is 1.97. The molecule has 0 heterocycles. The highest BCUT2D eigenvalue weighted by molar-refractivity contribution is 9.08. The van der Waals surface area contributed by atoms with Gasteiger partial charge in [-0.05, 0) is 12.0 Å². The van der Waals surface area contributed by atoms with Crippen molar-refractivity contribution >= 4 is 33.3 Å². The summed E-state index contributed by atoms with van der Waals surface area (Å²) < 4.78 is 0. The zero-order chi connectivity index (χ0) is 10.4. The van der Waals surface area contributed by atoms with E-state index < -0.39 is 0 Å². The van der Waals surface area contributed by atoms with Gasteiger partial charge in [-0.15, -0.1) is 11.6 Å². The molecule has 0 unspecified atom stereocenters. The summed E-state index contributed by atoms with van der Waals surface area (Å²) in [6.45, 7) is 0. The maximum Gasteiger partial charge on any atom is 0.162 e. The summed E-state index contributed by atoms with van der Waals surface area (Å²) in [5.74, 6) is 0.720. The minimum absolute atomic E-state index is 0.173. The van der Waals surface area contributed by atoms with Crippen LogP contribution in [0, 0.1) is 0 Å². The average molecular weight is 276 g/mol. The molecule has 0 radical (unpaired) electrons. The number of hydrogen-bond donors (Lipinski definition) is 0. The second-order valence-electron chi connectivity index (χ2n) is 3.05. The van der Waals surface area contributed by atoms with Gasteiger partial charge < -0.3 is 0 Å². The SMILES string of the molecule is O=C(CCCCl)c1ccc(CBr)cc1. The number of carbonyl (C=O) groups is 1. The van der Waals surface area contributed by atoms with Crippen molar-refractivity contribution < 1.29 is 4.79 Å². The Hall–Kier alpha value is -0.340. The molecule has 3 heteroatoms. The molecule has 76 valence electrons. The lowest BCUT2D eigenvalue weighted by molar-refractivity contribution is 0.0982. The molecule has 0 bridgehead atoms. The minimum Gasteiger partial charge on any atom is -0.294 e. The highest BCUT2D eigenvalue weighted by Gasteiger charge is 2.04. The van der Waals surface area contributed by atoms with Gasteiger partial charge in [0.1, 0.15) is 0 Å². The van der Waals surface area contributed by atoms with Crippen molar-refractivity contribution in [2.75, 3.05) is 5.88 Å². The molecule has 0 spiro atoms. The van der Waals surface area contributed by atoms with E-state index in [1.54, 1.807) is 0 Å². The molecule has 0 saturated heterocycles. The Balaban J connectivity index is 2.62. The van der Waals surface area contributed by atoms with Gasteiger partial charge in [0.2, 0.25) is 0 Å². The zero-order valence-corrected chi connectivity index (χ0v) is 10.1. The molecular weight excluding hydrogens is 263 g/mol. The lowest BCUT2D eigenvalue weighted by Crippen LogP contribution is -1.99. The predicted octanol–water partition coefficient (Wildman–Crippen LogP) is 3.78. The first kappa shape index (κ1) is 11.7. The van der Waals surface area contributed by atoms with Crippen LogP contribution in [0.2, 0.25) is 0 Å². The topological polar surface area (TPSA) is 17.1 Å². The van der Waals surface area contributed by atoms with Crippen molar-refractivity contribution in [3.8, 4) is 0 Å². The maximum atomic E-state index is 11.5. The van der Waals surface area contributed by atoms with Crippen molar-refractivity contribution in [3.63, 3.8) is 0 Å². The maximum absolute atomic E-state index is 11.5. The van der Waals surface area contributed by atoms with E-state index in [2.05, 4.69) is 15.9 Å². The molecule has 0 aliphatic carbocycles. The van der Waals surface area contributed by atoms with Crippen molar-refractivity contribution in [2.45, 2.75) is 18.2 Å². The molecule has 0 aliphatic heterocycles. The summed E-state index contributed by atoms with van der Waals surface area (Å²) in [6.07, 6.45) is 1.29. The number of Topliss-reactive ketones (excluding diaryl/α,β-unsaturated/α-hetero) is 1. The normalized spacial score (nSPS) is 10.1. The van der Waals surface area contributed by atoms with Crippen LogP contribution >= 0.6 is 27.5 Å². The quantitative estimate of drug-likeness (QED) is 0.590. The van der Waals surface area contributed by atoms with E-state index in [4.69, 9.17) is 11.6 Å². The zero-order valence-electron chi connectivity index (χ0n) is 7.80. The summed E-state index contributed by atoms with van der Waals surface area (Å²) in [7, 11) is 0. The Morgan fingerprint density at radius 1 is 1.29 bits per heavy atom. The summed E-state index contributed by atoms with van der Waals surface area (Å²) >= 11 is 8.88. The van der Waals surface area contributed by atoms with Gasteiger partial charge >= 0.3 is 0 Å². The van der Waals surface area contributed by atoms with Gasteiger partial charge in [0, 0.05) is 23.2 Å². The first-order chi connectivity index (χ1) is 6.77. The second-order valence-corrected chi connectivity index (χ2v) is 3.98. The van der Waals surface area contributed by atoms with Crippen LogP contribution < -0.4 is 0 Å². The third kappa shape index (κ3) is 3.43. The highest BCUT2D eigenvalue weighted by Crippen LogP contribution is 2.10. The van der Waals surface area contributed by atoms with Crippen molar-refractivity contribution in [2.24, 2.45) is 0 Å². The number of rotatable bonds is 5. The van der Waals surface area contributed by atoms with Crippen LogP contribution in [0.4, 0.5) is 0 Å². The van der Waals surface area contributed by atoms with Crippen LogP contribution in [0.5, 0.6) is 0 Å². The summed E-state index contributed by atoms with van der Waals surface area (Å²) in [5.41, 5.74) is 1.96. The van der Waals surface area contributed by atoms with Gasteiger partial charge in [0.05, 0.1) is 0 Å². The van der Waals surface area contributed by atoms with E-state index in [0.717, 1.165) is 17.3 Å². The molecule has 0 N–H and O–H groups in total. The van der Waals surface area contributed by atoms with Gasteiger partial charge in [-0.25, -0.2) is 0 Å². The first-order valence-electron chi connectivity index (χ1n) is 4.52. The standard InChI is InChI=1S/C11H12BrClO/c12-8-9-3-5-10(6-4-9)11(14)2-1-7-13/h3-6H,1-2,7-8H2. The number of alkyl halides is 2. The van der Waals surface area contributed by atoms with Gasteiger partial charge in [0.25, 0.3) is 0 Å². The summed E-state index contributed by atoms with van der Waals surface area (Å²) in [5, 5.41) is 0.823. The molecule has 0 amide bonds. The van der Waals surface area contributed by atoms with E-state index >= 15 is 0 Å². The highest BCUT2D eigenvalue weighted by atomic mass is 79.9. The molecule has 0 fully saturated rings. The molecule has 0 aliphatic rings. The molecule has 1 aromatic carbocycles. The van der Waals surface area contributed by atoms with Gasteiger partial charge in [0.15, 0.2) is 5.78 Å². The fraction of sp³-hybridized carbons (Fsp3) is 0.364. The van der Waals surface area contributed by atoms with E-state index in [0.29, 0.717) is 12.3 Å². The molecule has 0 aromatic heterocycles. The molecular formula is C11H12BrClO. The first-order valence-corrected chi connectivity index (χ1v) is 6.17. The number of hydrogen-bond acceptors (Lipinski definition) is 1. The Kier molecular flexibility index (Phi) is 5.20. The Bertz CT molecular complexity index is 295. The van der Waals surface area contributed by atoms with E-state index in [-0.39, 0.29) is 5.78 Å². The molecule has 1 rings (SSSR count). The molecule has 0 saturated carbocycles. The van der Waals surface area contributed by atoms with Crippen LogP contribution in [-0.2, 0) is 5.33 Å². The number of carbonyl (C=O) groups excluding carboxylic acids is 1. The van der Waals surface area contributed by atoms with Crippen LogP contribution in [0.15, 0.2) is 24.3 Å². The monoisotopic (exact) mass is 274 g/mol. The fourth-order valence-corrected chi connectivity index (χ4v) is 1.66. The van der Waals surface area contributed by atoms with Crippen LogP contribution in [0.1, 0.15) is 28.8 Å². The second kappa shape index (κ2) is 6.20. The average Bonchev–Trinajstić information content (AvgIpc) is 2.26. The van der Waals surface area contributed by atoms with Crippen LogP contribution in [0.3, 0.4) is 0 Å². The van der Waals surface area contributed by atoms with Crippen LogP contribution in [-0.4, -0.2) is 11.7 Å². The molecule has 1 aromatic rings. The fourth-order valence-electron chi connectivity index (χ4n) is 1.15. The lowest BCUT2D eigenvalue weighted by Gasteiger charge is -2.00. The summed E-state index contributed by atoms with van der Waals surface area (Å²) in [6, 6.07) is 7.66. The van der Waals surface area contributed by atoms with Crippen LogP contribution in [0.25, 0.3) is 0 Å². The van der Waals surface area contributed by atoms with Gasteiger partial charge in [-0.1, -0.05) is 40.2 Å². The summed E-state index contributed by atoms with van der Waals surface area (Å²) in [4.78, 5) is 11.5.